The highest BCUT2D eigenvalue weighted by Gasteiger charge is 2.13. The predicted molar refractivity (Wildman–Crippen MR) is 114 cm³/mol. The number of benzene rings is 2. The molecule has 2 aromatic carbocycles. The van der Waals surface area contributed by atoms with Gasteiger partial charge in [0.15, 0.2) is 6.61 Å². The Bertz CT molecular complexity index is 1030. The summed E-state index contributed by atoms with van der Waals surface area (Å²) in [4.78, 5) is 23.8. The Balaban J connectivity index is 1.43. The highest BCUT2D eigenvalue weighted by atomic mass is 79.9. The number of rotatable bonds is 7. The van der Waals surface area contributed by atoms with Gasteiger partial charge in [0.05, 0.1) is 0 Å². The van der Waals surface area contributed by atoms with Crippen LogP contribution in [0, 0.1) is 6.92 Å². The van der Waals surface area contributed by atoms with Crippen molar-refractivity contribution in [2.45, 2.75) is 12.1 Å². The van der Waals surface area contributed by atoms with Crippen molar-refractivity contribution in [1.82, 2.24) is 10.2 Å². The molecule has 10 heteroatoms. The fraction of sp³-hybridized carbons (Fsp3) is 0.158. The molecule has 0 spiro atoms. The summed E-state index contributed by atoms with van der Waals surface area (Å²) < 4.78 is 11.3. The zero-order chi connectivity index (χ0) is 20.8. The van der Waals surface area contributed by atoms with E-state index in [0.29, 0.717) is 16.6 Å². The van der Waals surface area contributed by atoms with Gasteiger partial charge in [0.25, 0.3) is 11.1 Å². The molecule has 7 nitrogen and oxygen atoms in total. The van der Waals surface area contributed by atoms with Gasteiger partial charge in [0, 0.05) is 20.7 Å². The molecule has 0 radical (unpaired) electrons. The van der Waals surface area contributed by atoms with Gasteiger partial charge < -0.3 is 14.5 Å². The van der Waals surface area contributed by atoms with Crippen LogP contribution in [0.3, 0.4) is 0 Å². The third-order valence-corrected chi connectivity index (χ3v) is 5.53. The average molecular weight is 497 g/mol. The summed E-state index contributed by atoms with van der Waals surface area (Å²) in [7, 11) is 0. The Morgan fingerprint density at radius 1 is 1.21 bits per heavy atom. The fourth-order valence-electron chi connectivity index (χ4n) is 2.15. The number of thioether (sulfide) groups is 1. The lowest BCUT2D eigenvalue weighted by molar-refractivity contribution is -0.144. The molecule has 150 valence electrons. The second-order valence-corrected chi connectivity index (χ2v) is 8.06. The monoisotopic (exact) mass is 495 g/mol. The zero-order valence-electron chi connectivity index (χ0n) is 15.1. The lowest BCUT2D eigenvalue weighted by atomic mass is 10.2. The fourth-order valence-corrected chi connectivity index (χ4v) is 3.22. The number of nitrogens with zero attached hydrogens (tertiary/aromatic N) is 2. The van der Waals surface area contributed by atoms with Gasteiger partial charge in [-0.15, -0.1) is 10.2 Å². The first-order valence-electron chi connectivity index (χ1n) is 8.34. The van der Waals surface area contributed by atoms with Crippen LogP contribution in [0.2, 0.25) is 5.02 Å². The first kappa shape index (κ1) is 21.4. The number of amides is 1. The summed E-state index contributed by atoms with van der Waals surface area (Å²) in [5.41, 5.74) is 2.38. The van der Waals surface area contributed by atoms with Gasteiger partial charge in [0.2, 0.25) is 5.89 Å². The van der Waals surface area contributed by atoms with Gasteiger partial charge in [-0.3, -0.25) is 9.59 Å². The molecule has 0 fully saturated rings. The first-order valence-corrected chi connectivity index (χ1v) is 10.5. The molecule has 3 aromatic rings. The van der Waals surface area contributed by atoms with E-state index in [1.807, 2.05) is 13.0 Å². The maximum Gasteiger partial charge on any atom is 0.316 e. The molecule has 0 saturated carbocycles. The summed E-state index contributed by atoms with van der Waals surface area (Å²) >= 11 is 10.3. The third kappa shape index (κ3) is 6.31. The minimum absolute atomic E-state index is 0.0639. The summed E-state index contributed by atoms with van der Waals surface area (Å²) in [5, 5.41) is 11.3. The molecule has 0 bridgehead atoms. The van der Waals surface area contributed by atoms with Crippen molar-refractivity contribution in [2.75, 3.05) is 17.7 Å². The van der Waals surface area contributed by atoms with Crippen LogP contribution in [0.4, 0.5) is 5.69 Å². The highest BCUT2D eigenvalue weighted by molar-refractivity contribution is 9.10. The number of halogens is 2. The van der Waals surface area contributed by atoms with E-state index in [9.17, 15) is 9.59 Å². The van der Waals surface area contributed by atoms with E-state index < -0.39 is 11.9 Å². The van der Waals surface area contributed by atoms with E-state index in [4.69, 9.17) is 20.8 Å². The number of hydrogen-bond acceptors (Lipinski definition) is 7. The Kier molecular flexibility index (Phi) is 7.29. The molecule has 3 rings (SSSR count). The van der Waals surface area contributed by atoms with Gasteiger partial charge in [0.1, 0.15) is 5.75 Å². The summed E-state index contributed by atoms with van der Waals surface area (Å²) in [6.45, 7) is 1.56. The van der Waals surface area contributed by atoms with Crippen LogP contribution in [-0.4, -0.2) is 34.4 Å². The largest absolute Gasteiger partial charge is 0.455 e. The van der Waals surface area contributed by atoms with Gasteiger partial charge >= 0.3 is 5.97 Å². The number of carbonyl (C=O) groups is 2. The molecule has 0 atom stereocenters. The number of aromatic nitrogens is 2. The molecule has 0 aliphatic carbocycles. The normalized spacial score (nSPS) is 10.6. The molecule has 1 heterocycles. The third-order valence-electron chi connectivity index (χ3n) is 3.63. The smallest absolute Gasteiger partial charge is 0.316 e. The van der Waals surface area contributed by atoms with Crippen molar-refractivity contribution in [3.05, 3.63) is 57.5 Å². The van der Waals surface area contributed by atoms with Gasteiger partial charge in [-0.05, 0) is 48.9 Å². The number of ether oxygens (including phenoxy) is 1. The van der Waals surface area contributed by atoms with E-state index in [2.05, 4.69) is 31.4 Å². The van der Waals surface area contributed by atoms with E-state index >= 15 is 0 Å². The number of nitrogens with one attached hydrogen (secondary N) is 1. The van der Waals surface area contributed by atoms with Gasteiger partial charge in [-0.25, -0.2) is 0 Å². The molecule has 0 unspecified atom stereocenters. The van der Waals surface area contributed by atoms with Crippen LogP contribution in [0.25, 0.3) is 11.5 Å². The molecular formula is C19H15BrClN3O4S. The zero-order valence-corrected chi connectivity index (χ0v) is 18.3. The number of esters is 1. The molecule has 1 N–H and O–H groups in total. The van der Waals surface area contributed by atoms with E-state index in [1.165, 1.54) is 0 Å². The van der Waals surface area contributed by atoms with Crippen molar-refractivity contribution < 1.29 is 18.7 Å². The summed E-state index contributed by atoms with van der Waals surface area (Å²) in [6.07, 6.45) is 0. The van der Waals surface area contributed by atoms with Crippen molar-refractivity contribution >= 4 is 56.9 Å². The van der Waals surface area contributed by atoms with Crippen LogP contribution in [0.15, 0.2) is 56.6 Å². The second kappa shape index (κ2) is 9.91. The van der Waals surface area contributed by atoms with Crippen molar-refractivity contribution in [2.24, 2.45) is 0 Å². The number of hydrogen-bond donors (Lipinski definition) is 1. The minimum Gasteiger partial charge on any atom is -0.455 e. The quantitative estimate of drug-likeness (QED) is 0.373. The van der Waals surface area contributed by atoms with E-state index in [0.717, 1.165) is 27.4 Å². The van der Waals surface area contributed by atoms with Crippen molar-refractivity contribution in [3.63, 3.8) is 0 Å². The molecule has 1 aromatic heterocycles. The van der Waals surface area contributed by atoms with Crippen molar-refractivity contribution in [3.8, 4) is 11.5 Å². The number of anilines is 1. The predicted octanol–water partition coefficient (Wildman–Crippen LogP) is 4.73. The standard InChI is InChI=1S/C19H15BrClN3O4S/c1-11-2-7-14(8-15(11)20)22-16(25)9-27-17(26)10-29-19-24-23-18(28-19)12-3-5-13(21)6-4-12/h2-8H,9-10H2,1H3,(H,22,25). The SMILES string of the molecule is Cc1ccc(NC(=O)COC(=O)CSc2nnc(-c3ccc(Cl)cc3)o2)cc1Br. The van der Waals surface area contributed by atoms with Gasteiger partial charge in [-0.1, -0.05) is 45.4 Å². The maximum absolute atomic E-state index is 11.9. The minimum atomic E-state index is -0.568. The molecule has 1 amide bonds. The van der Waals surface area contributed by atoms with Crippen LogP contribution in [-0.2, 0) is 14.3 Å². The first-order chi connectivity index (χ1) is 13.9. The van der Waals surface area contributed by atoms with E-state index in [-0.39, 0.29) is 17.6 Å². The summed E-state index contributed by atoms with van der Waals surface area (Å²) in [5.74, 6) is -0.740. The second-order valence-electron chi connectivity index (χ2n) is 5.84. The van der Waals surface area contributed by atoms with Crippen LogP contribution in [0.1, 0.15) is 5.56 Å². The maximum atomic E-state index is 11.9. The van der Waals surface area contributed by atoms with Crippen molar-refractivity contribution in [1.29, 1.82) is 0 Å². The Labute approximate surface area is 184 Å². The molecule has 0 aliphatic rings. The topological polar surface area (TPSA) is 94.3 Å². The molecular weight excluding hydrogens is 482 g/mol. The Morgan fingerprint density at radius 2 is 1.97 bits per heavy atom. The summed E-state index contributed by atoms with van der Waals surface area (Å²) in [6, 6.07) is 12.3. The lowest BCUT2D eigenvalue weighted by Crippen LogP contribution is -2.21. The van der Waals surface area contributed by atoms with E-state index in [1.54, 1.807) is 36.4 Å². The van der Waals surface area contributed by atoms with Gasteiger partial charge in [-0.2, -0.15) is 0 Å². The Morgan fingerprint density at radius 3 is 2.69 bits per heavy atom. The molecule has 0 aliphatic heterocycles. The average Bonchev–Trinajstić information content (AvgIpc) is 3.17. The Hall–Kier alpha value is -2.36. The van der Waals surface area contributed by atoms with Crippen LogP contribution < -0.4 is 5.32 Å². The number of carbonyl (C=O) groups excluding carboxylic acids is 2. The lowest BCUT2D eigenvalue weighted by Gasteiger charge is -2.07. The molecule has 0 saturated heterocycles. The number of aryl methyl sites for hydroxylation is 1. The van der Waals surface area contributed by atoms with Crippen LogP contribution in [0.5, 0.6) is 0 Å². The molecule has 29 heavy (non-hydrogen) atoms. The van der Waals surface area contributed by atoms with Crippen LogP contribution >= 0.6 is 39.3 Å². The highest BCUT2D eigenvalue weighted by Crippen LogP contribution is 2.24.